The van der Waals surface area contributed by atoms with E-state index in [1.54, 1.807) is 6.20 Å². The maximum Gasteiger partial charge on any atom is 0.128 e. The van der Waals surface area contributed by atoms with Crippen molar-refractivity contribution in [1.82, 2.24) is 19.7 Å². The Kier molecular flexibility index (Phi) is 4.70. The molecule has 4 rings (SSSR count). The lowest BCUT2D eigenvalue weighted by atomic mass is 10.1. The lowest BCUT2D eigenvalue weighted by Crippen LogP contribution is -2.30. The zero-order chi connectivity index (χ0) is 16.9. The maximum absolute atomic E-state index is 5.94. The third-order valence-electron chi connectivity index (χ3n) is 4.37. The second-order valence-electron chi connectivity index (χ2n) is 6.28. The van der Waals surface area contributed by atoms with Crippen molar-refractivity contribution < 1.29 is 4.74 Å². The molecule has 128 valence electrons. The molecule has 3 aromatic rings. The Bertz CT molecular complexity index is 790. The van der Waals surface area contributed by atoms with E-state index in [-0.39, 0.29) is 0 Å². The molecule has 6 heteroatoms. The predicted molar refractivity (Wildman–Crippen MR) is 94.9 cm³/mol. The number of nitrogens with zero attached hydrogens (tertiary/aromatic N) is 5. The number of anilines is 1. The van der Waals surface area contributed by atoms with Crippen molar-refractivity contribution in [2.24, 2.45) is 5.92 Å². The molecule has 1 unspecified atom stereocenters. The van der Waals surface area contributed by atoms with E-state index in [1.165, 1.54) is 5.69 Å². The Morgan fingerprint density at radius 2 is 1.84 bits per heavy atom. The molecule has 0 bridgehead atoms. The molecule has 1 aliphatic rings. The lowest BCUT2D eigenvalue weighted by Gasteiger charge is -2.24. The number of ether oxygens (including phenoxy) is 1. The monoisotopic (exact) mass is 335 g/mol. The van der Waals surface area contributed by atoms with Crippen molar-refractivity contribution in [1.29, 1.82) is 0 Å². The van der Waals surface area contributed by atoms with Gasteiger partial charge in [0.1, 0.15) is 5.82 Å². The summed E-state index contributed by atoms with van der Waals surface area (Å²) in [5, 5.41) is 4.46. The van der Waals surface area contributed by atoms with Crippen molar-refractivity contribution >= 4 is 5.82 Å². The van der Waals surface area contributed by atoms with Crippen LogP contribution in [0, 0.1) is 5.92 Å². The SMILES string of the molecule is c1ccc(COCC2CN(c3ccccn3)Cc3ccnn3C2)nc1. The topological polar surface area (TPSA) is 56.1 Å². The standard InChI is InChI=1S/C19H21N5O/c1-3-8-20-17(5-1)15-25-14-16-11-23(19-6-2-4-9-21-19)13-18-7-10-22-24(18)12-16/h1-10,16H,11-15H2. The molecular formula is C19H21N5O. The van der Waals surface area contributed by atoms with Crippen LogP contribution in [0.4, 0.5) is 5.82 Å². The lowest BCUT2D eigenvalue weighted by molar-refractivity contribution is 0.0809. The van der Waals surface area contributed by atoms with Crippen LogP contribution in [0.25, 0.3) is 0 Å². The fourth-order valence-corrected chi connectivity index (χ4v) is 3.17. The Labute approximate surface area is 147 Å². The minimum absolute atomic E-state index is 0.340. The van der Waals surface area contributed by atoms with Crippen LogP contribution in [0.15, 0.2) is 61.1 Å². The molecule has 0 N–H and O–H groups in total. The van der Waals surface area contributed by atoms with E-state index < -0.39 is 0 Å². The molecule has 4 heterocycles. The Morgan fingerprint density at radius 1 is 0.960 bits per heavy atom. The van der Waals surface area contributed by atoms with Crippen molar-refractivity contribution in [2.45, 2.75) is 19.7 Å². The van der Waals surface area contributed by atoms with Gasteiger partial charge >= 0.3 is 0 Å². The summed E-state index contributed by atoms with van der Waals surface area (Å²) in [4.78, 5) is 11.1. The molecule has 25 heavy (non-hydrogen) atoms. The number of fused-ring (bicyclic) bond motifs is 1. The van der Waals surface area contributed by atoms with Crippen molar-refractivity contribution in [2.75, 3.05) is 18.1 Å². The molecule has 1 atom stereocenters. The molecule has 0 saturated carbocycles. The number of hydrogen-bond donors (Lipinski definition) is 0. The molecule has 0 saturated heterocycles. The molecule has 3 aromatic heterocycles. The van der Waals surface area contributed by atoms with Crippen LogP contribution in [0.5, 0.6) is 0 Å². The first-order valence-electron chi connectivity index (χ1n) is 8.53. The van der Waals surface area contributed by atoms with E-state index in [1.807, 2.05) is 42.7 Å². The van der Waals surface area contributed by atoms with Crippen LogP contribution in [0.1, 0.15) is 11.4 Å². The van der Waals surface area contributed by atoms with Crippen LogP contribution in [0.2, 0.25) is 0 Å². The van der Waals surface area contributed by atoms with Gasteiger partial charge in [0.05, 0.1) is 31.1 Å². The second kappa shape index (κ2) is 7.44. The zero-order valence-electron chi connectivity index (χ0n) is 14.0. The number of rotatable bonds is 5. The first kappa shape index (κ1) is 15.8. The molecule has 6 nitrogen and oxygen atoms in total. The maximum atomic E-state index is 5.94. The second-order valence-corrected chi connectivity index (χ2v) is 6.28. The fourth-order valence-electron chi connectivity index (χ4n) is 3.17. The van der Waals surface area contributed by atoms with Crippen LogP contribution in [-0.2, 0) is 24.4 Å². The summed E-state index contributed by atoms with van der Waals surface area (Å²) >= 11 is 0. The summed E-state index contributed by atoms with van der Waals surface area (Å²) in [6.45, 7) is 3.76. The van der Waals surface area contributed by atoms with Gasteiger partial charge in [-0.25, -0.2) is 4.98 Å². The summed E-state index contributed by atoms with van der Waals surface area (Å²) in [6.07, 6.45) is 5.50. The highest BCUT2D eigenvalue weighted by atomic mass is 16.5. The highest BCUT2D eigenvalue weighted by molar-refractivity contribution is 5.38. The molecule has 0 fully saturated rings. The highest BCUT2D eigenvalue weighted by Crippen LogP contribution is 2.21. The number of pyridine rings is 2. The average molecular weight is 335 g/mol. The van der Waals surface area contributed by atoms with Gasteiger partial charge in [-0.1, -0.05) is 12.1 Å². The van der Waals surface area contributed by atoms with Gasteiger partial charge in [-0.15, -0.1) is 0 Å². The summed E-state index contributed by atoms with van der Waals surface area (Å²) in [7, 11) is 0. The number of hydrogen-bond acceptors (Lipinski definition) is 5. The molecule has 0 radical (unpaired) electrons. The molecule has 1 aliphatic heterocycles. The third kappa shape index (κ3) is 3.85. The normalized spacial score (nSPS) is 17.1. The van der Waals surface area contributed by atoms with Crippen LogP contribution < -0.4 is 4.90 Å². The summed E-state index contributed by atoms with van der Waals surface area (Å²) in [5.41, 5.74) is 2.16. The van der Waals surface area contributed by atoms with Crippen LogP contribution in [0.3, 0.4) is 0 Å². The zero-order valence-corrected chi connectivity index (χ0v) is 14.0. The van der Waals surface area contributed by atoms with Crippen LogP contribution in [-0.4, -0.2) is 32.9 Å². The van der Waals surface area contributed by atoms with Gasteiger partial charge in [-0.05, 0) is 30.3 Å². The molecule has 0 aromatic carbocycles. The highest BCUT2D eigenvalue weighted by Gasteiger charge is 2.23. The summed E-state index contributed by atoms with van der Waals surface area (Å²) in [5.74, 6) is 1.33. The Balaban J connectivity index is 1.45. The van der Waals surface area contributed by atoms with E-state index in [4.69, 9.17) is 4.74 Å². The van der Waals surface area contributed by atoms with Gasteiger partial charge in [0, 0.05) is 37.6 Å². The van der Waals surface area contributed by atoms with Crippen LogP contribution >= 0.6 is 0 Å². The van der Waals surface area contributed by atoms with E-state index in [2.05, 4.69) is 36.8 Å². The minimum atomic E-state index is 0.340. The smallest absolute Gasteiger partial charge is 0.128 e. The van der Waals surface area contributed by atoms with E-state index in [0.717, 1.165) is 31.1 Å². The first-order valence-corrected chi connectivity index (χ1v) is 8.53. The average Bonchev–Trinajstić information content (AvgIpc) is 3.02. The van der Waals surface area contributed by atoms with E-state index >= 15 is 0 Å². The van der Waals surface area contributed by atoms with Gasteiger partial charge in [0.2, 0.25) is 0 Å². The fraction of sp³-hybridized carbons (Fsp3) is 0.316. The Morgan fingerprint density at radius 3 is 2.64 bits per heavy atom. The first-order chi connectivity index (χ1) is 12.4. The number of aromatic nitrogens is 4. The largest absolute Gasteiger partial charge is 0.375 e. The molecular weight excluding hydrogens is 314 g/mol. The van der Waals surface area contributed by atoms with Gasteiger partial charge in [0.25, 0.3) is 0 Å². The van der Waals surface area contributed by atoms with E-state index in [9.17, 15) is 0 Å². The molecule has 0 aliphatic carbocycles. The van der Waals surface area contributed by atoms with Gasteiger partial charge in [0.15, 0.2) is 0 Å². The van der Waals surface area contributed by atoms with Crippen molar-refractivity contribution in [3.8, 4) is 0 Å². The quantitative estimate of drug-likeness (QED) is 0.717. The van der Waals surface area contributed by atoms with Gasteiger partial charge in [-0.2, -0.15) is 5.10 Å². The van der Waals surface area contributed by atoms with Crippen molar-refractivity contribution in [3.05, 3.63) is 72.4 Å². The third-order valence-corrected chi connectivity index (χ3v) is 4.37. The summed E-state index contributed by atoms with van der Waals surface area (Å²) in [6, 6.07) is 14.0. The molecule has 0 spiro atoms. The summed E-state index contributed by atoms with van der Waals surface area (Å²) < 4.78 is 8.02. The predicted octanol–water partition coefficient (Wildman–Crippen LogP) is 2.53. The van der Waals surface area contributed by atoms with Gasteiger partial charge < -0.3 is 9.64 Å². The Hall–Kier alpha value is -2.73. The van der Waals surface area contributed by atoms with Crippen molar-refractivity contribution in [3.63, 3.8) is 0 Å². The van der Waals surface area contributed by atoms with Gasteiger partial charge in [-0.3, -0.25) is 9.67 Å². The molecule has 0 amide bonds. The van der Waals surface area contributed by atoms with E-state index in [0.29, 0.717) is 19.1 Å². The minimum Gasteiger partial charge on any atom is -0.375 e.